The van der Waals surface area contributed by atoms with Gasteiger partial charge < -0.3 is 45.1 Å². The second kappa shape index (κ2) is 55.5. The highest BCUT2D eigenvalue weighted by atomic mass is 16.7. The minimum absolute atomic E-state index is 0.00944. The maximum atomic E-state index is 13.0. The summed E-state index contributed by atoms with van der Waals surface area (Å²) in [5.74, 6) is -0.196. The molecule has 7 atom stereocenters. The van der Waals surface area contributed by atoms with E-state index in [-0.39, 0.29) is 18.5 Å². The van der Waals surface area contributed by atoms with Gasteiger partial charge in [-0.2, -0.15) is 0 Å². The summed E-state index contributed by atoms with van der Waals surface area (Å²) in [5.41, 5.74) is 0. The first-order valence-electron chi connectivity index (χ1n) is 32.4. The summed E-state index contributed by atoms with van der Waals surface area (Å²) in [7, 11) is 0. The standard InChI is InChI=1S/C66H121NO10/c1-3-5-7-9-11-13-15-34-38-42-46-50-54-62(71)75-55-51-47-43-39-35-32-30-28-26-24-22-20-18-16-17-19-21-23-25-27-29-31-33-37-41-45-49-53-61(70)67-58(57-76-66-65(74)64(73)63(72)60(56-68)77-66)59(69)52-48-44-40-36-14-12-10-8-6-4-2/h11,13,16-17,20,22,48,52,58-60,63-66,68-69,72-74H,3-10,12,14-15,18-19,21,23-47,49-51,53-57H2,1-2H3,(H,67,70)/b13-11-,17-16-,22-20-,52-48+. The zero-order valence-corrected chi connectivity index (χ0v) is 49.7. The summed E-state index contributed by atoms with van der Waals surface area (Å²) in [6, 6.07) is -0.812. The number of nitrogens with one attached hydrogen (secondary N) is 1. The van der Waals surface area contributed by atoms with E-state index < -0.39 is 49.5 Å². The summed E-state index contributed by atoms with van der Waals surface area (Å²) < 4.78 is 16.7. The Morgan fingerprint density at radius 2 is 0.870 bits per heavy atom. The molecule has 0 aromatic rings. The van der Waals surface area contributed by atoms with E-state index in [4.69, 9.17) is 14.2 Å². The van der Waals surface area contributed by atoms with Crippen molar-refractivity contribution in [1.82, 2.24) is 5.32 Å². The largest absolute Gasteiger partial charge is 0.466 e. The van der Waals surface area contributed by atoms with E-state index in [9.17, 15) is 35.1 Å². The Balaban J connectivity index is 2.00. The van der Waals surface area contributed by atoms with Crippen molar-refractivity contribution in [1.29, 1.82) is 0 Å². The van der Waals surface area contributed by atoms with Crippen LogP contribution in [0.1, 0.15) is 296 Å². The van der Waals surface area contributed by atoms with Crippen molar-refractivity contribution in [3.8, 4) is 0 Å². The maximum Gasteiger partial charge on any atom is 0.305 e. The van der Waals surface area contributed by atoms with Crippen molar-refractivity contribution in [3.05, 3.63) is 48.6 Å². The van der Waals surface area contributed by atoms with Crippen LogP contribution in [0.25, 0.3) is 0 Å². The van der Waals surface area contributed by atoms with Crippen LogP contribution in [0.15, 0.2) is 48.6 Å². The molecule has 11 heteroatoms. The number of esters is 1. The average Bonchev–Trinajstić information content (AvgIpc) is 3.43. The molecule has 450 valence electrons. The van der Waals surface area contributed by atoms with Gasteiger partial charge in [-0.3, -0.25) is 9.59 Å². The van der Waals surface area contributed by atoms with Crippen molar-refractivity contribution >= 4 is 11.9 Å². The van der Waals surface area contributed by atoms with Gasteiger partial charge in [-0.1, -0.05) is 242 Å². The monoisotopic (exact) mass is 1090 g/mol. The third-order valence-electron chi connectivity index (χ3n) is 15.2. The van der Waals surface area contributed by atoms with Crippen LogP contribution in [0.4, 0.5) is 0 Å². The summed E-state index contributed by atoms with van der Waals surface area (Å²) in [6.07, 6.45) is 60.9. The third kappa shape index (κ3) is 45.0. The van der Waals surface area contributed by atoms with E-state index in [0.29, 0.717) is 19.4 Å². The summed E-state index contributed by atoms with van der Waals surface area (Å²) >= 11 is 0. The Morgan fingerprint density at radius 3 is 1.35 bits per heavy atom. The molecule has 0 saturated carbocycles. The van der Waals surface area contributed by atoms with Crippen LogP contribution >= 0.6 is 0 Å². The fourth-order valence-corrected chi connectivity index (χ4v) is 9.99. The number of amides is 1. The summed E-state index contributed by atoms with van der Waals surface area (Å²) in [6.45, 7) is 4.30. The molecule has 11 nitrogen and oxygen atoms in total. The van der Waals surface area contributed by atoms with E-state index in [1.54, 1.807) is 6.08 Å². The lowest BCUT2D eigenvalue weighted by Crippen LogP contribution is -2.60. The number of ether oxygens (including phenoxy) is 3. The molecule has 1 amide bonds. The van der Waals surface area contributed by atoms with Gasteiger partial charge in [0.05, 0.1) is 32.0 Å². The molecule has 7 unspecified atom stereocenters. The number of unbranched alkanes of at least 4 members (excludes halogenated alkanes) is 36. The van der Waals surface area contributed by atoms with Crippen LogP contribution in [-0.4, -0.2) is 100 Å². The van der Waals surface area contributed by atoms with Gasteiger partial charge in [-0.15, -0.1) is 0 Å². The molecule has 1 aliphatic heterocycles. The van der Waals surface area contributed by atoms with Gasteiger partial charge in [0.2, 0.25) is 5.91 Å². The maximum absolute atomic E-state index is 13.0. The second-order valence-corrected chi connectivity index (χ2v) is 22.5. The minimum atomic E-state index is -1.57. The quantitative estimate of drug-likeness (QED) is 0.0195. The first-order valence-corrected chi connectivity index (χ1v) is 32.4. The topological polar surface area (TPSA) is 175 Å². The molecule has 0 aliphatic carbocycles. The van der Waals surface area contributed by atoms with E-state index in [1.165, 1.54) is 199 Å². The highest BCUT2D eigenvalue weighted by Crippen LogP contribution is 2.23. The molecule has 0 spiro atoms. The SMILES string of the molecule is CCCCC/C=C\CCCCCCCC(=O)OCCCCCCCCCCC/C=C\C/C=C\CCCCCCCCCCCCCC(=O)NC(COC1OC(CO)C(O)C(O)C1O)C(O)/C=C/CCCCCCCCCC. The highest BCUT2D eigenvalue weighted by molar-refractivity contribution is 5.76. The first-order chi connectivity index (χ1) is 37.7. The number of hydrogen-bond donors (Lipinski definition) is 6. The van der Waals surface area contributed by atoms with Gasteiger partial charge in [0.1, 0.15) is 24.4 Å². The second-order valence-electron chi connectivity index (χ2n) is 22.5. The van der Waals surface area contributed by atoms with Gasteiger partial charge in [0.25, 0.3) is 0 Å². The molecular formula is C66H121NO10. The van der Waals surface area contributed by atoms with Gasteiger partial charge in [-0.25, -0.2) is 0 Å². The molecule has 1 saturated heterocycles. The van der Waals surface area contributed by atoms with Crippen molar-refractivity contribution < 1.29 is 49.3 Å². The fraction of sp³-hybridized carbons (Fsp3) is 0.848. The van der Waals surface area contributed by atoms with Crippen LogP contribution in [0, 0.1) is 0 Å². The molecule has 0 aromatic heterocycles. The van der Waals surface area contributed by atoms with Crippen LogP contribution in [0.2, 0.25) is 0 Å². The molecule has 1 aliphatic rings. The summed E-state index contributed by atoms with van der Waals surface area (Å²) in [5, 5.41) is 54.3. The minimum Gasteiger partial charge on any atom is -0.466 e. The molecule has 0 aromatic carbocycles. The smallest absolute Gasteiger partial charge is 0.305 e. The van der Waals surface area contributed by atoms with Crippen LogP contribution in [0.5, 0.6) is 0 Å². The van der Waals surface area contributed by atoms with E-state index in [1.807, 2.05) is 6.08 Å². The fourth-order valence-electron chi connectivity index (χ4n) is 9.99. The summed E-state index contributed by atoms with van der Waals surface area (Å²) in [4.78, 5) is 25.0. The number of rotatable bonds is 56. The third-order valence-corrected chi connectivity index (χ3v) is 15.2. The van der Waals surface area contributed by atoms with Crippen LogP contribution in [0.3, 0.4) is 0 Å². The average molecular weight is 1090 g/mol. The molecule has 0 bridgehead atoms. The highest BCUT2D eigenvalue weighted by Gasteiger charge is 2.44. The van der Waals surface area contributed by atoms with Crippen molar-refractivity contribution in [2.45, 2.75) is 339 Å². The van der Waals surface area contributed by atoms with Crippen LogP contribution in [-0.2, 0) is 23.8 Å². The molecule has 1 rings (SSSR count). The van der Waals surface area contributed by atoms with E-state index in [0.717, 1.165) is 70.6 Å². The van der Waals surface area contributed by atoms with Gasteiger partial charge in [0.15, 0.2) is 6.29 Å². The molecule has 1 heterocycles. The Labute approximate surface area is 472 Å². The Hall–Kier alpha value is -2.38. The molecule has 77 heavy (non-hydrogen) atoms. The van der Waals surface area contributed by atoms with E-state index in [2.05, 4.69) is 55.6 Å². The Bertz CT molecular complexity index is 1420. The lowest BCUT2D eigenvalue weighted by Gasteiger charge is -2.40. The lowest BCUT2D eigenvalue weighted by atomic mass is 9.99. The number of aliphatic hydroxyl groups is 5. The molecule has 1 fully saturated rings. The number of hydrogen-bond acceptors (Lipinski definition) is 10. The first kappa shape index (κ1) is 72.6. The van der Waals surface area contributed by atoms with Gasteiger partial charge in [0, 0.05) is 12.8 Å². The number of allylic oxidation sites excluding steroid dienone is 7. The Kier molecular flexibility index (Phi) is 52.4. The number of carbonyl (C=O) groups excluding carboxylic acids is 2. The van der Waals surface area contributed by atoms with Crippen molar-refractivity contribution in [2.75, 3.05) is 19.8 Å². The Morgan fingerprint density at radius 1 is 0.481 bits per heavy atom. The predicted octanol–water partition coefficient (Wildman–Crippen LogP) is 15.6. The number of carbonyl (C=O) groups is 2. The van der Waals surface area contributed by atoms with E-state index >= 15 is 0 Å². The van der Waals surface area contributed by atoms with Gasteiger partial charge in [-0.05, 0) is 89.9 Å². The zero-order valence-electron chi connectivity index (χ0n) is 49.7. The van der Waals surface area contributed by atoms with Crippen LogP contribution < -0.4 is 5.32 Å². The molecule has 0 radical (unpaired) electrons. The normalized spacial score (nSPS) is 18.9. The van der Waals surface area contributed by atoms with Gasteiger partial charge >= 0.3 is 5.97 Å². The molecule has 6 N–H and O–H groups in total. The zero-order chi connectivity index (χ0) is 55.9. The predicted molar refractivity (Wildman–Crippen MR) is 320 cm³/mol. The van der Waals surface area contributed by atoms with Crippen molar-refractivity contribution in [2.24, 2.45) is 0 Å². The number of aliphatic hydroxyl groups excluding tert-OH is 5. The molecular weight excluding hydrogens is 967 g/mol. The lowest BCUT2D eigenvalue weighted by molar-refractivity contribution is -0.302. The van der Waals surface area contributed by atoms with Crippen molar-refractivity contribution in [3.63, 3.8) is 0 Å².